The first kappa shape index (κ1) is 19.3. The van der Waals surface area contributed by atoms with E-state index in [1.165, 1.54) is 0 Å². The molecule has 27 heavy (non-hydrogen) atoms. The Bertz CT molecular complexity index is 911. The number of benzene rings is 3. The highest BCUT2D eigenvalue weighted by Crippen LogP contribution is 2.27. The molecule has 0 aliphatic carbocycles. The van der Waals surface area contributed by atoms with Gasteiger partial charge in [0.15, 0.2) is 6.10 Å². The smallest absolute Gasteiger partial charge is 0.265 e. The third kappa shape index (κ3) is 5.03. The van der Waals surface area contributed by atoms with Crippen LogP contribution in [0.4, 0.5) is 5.69 Å². The first-order valence-electron chi connectivity index (χ1n) is 8.65. The first-order chi connectivity index (χ1) is 13.1. The highest BCUT2D eigenvalue weighted by molar-refractivity contribution is 6.35. The van der Waals surface area contributed by atoms with Gasteiger partial charge in [-0.15, -0.1) is 0 Å². The molecule has 1 unspecified atom stereocenters. The van der Waals surface area contributed by atoms with Crippen molar-refractivity contribution >= 4 is 34.8 Å². The van der Waals surface area contributed by atoms with E-state index in [0.29, 0.717) is 27.9 Å². The lowest BCUT2D eigenvalue weighted by atomic mass is 10.1. The van der Waals surface area contributed by atoms with Crippen molar-refractivity contribution in [2.24, 2.45) is 0 Å². The lowest BCUT2D eigenvalue weighted by Crippen LogP contribution is -2.32. The van der Waals surface area contributed by atoms with Gasteiger partial charge in [-0.3, -0.25) is 4.79 Å². The topological polar surface area (TPSA) is 38.3 Å². The maximum Gasteiger partial charge on any atom is 0.265 e. The van der Waals surface area contributed by atoms with E-state index in [0.717, 1.165) is 11.1 Å². The minimum absolute atomic E-state index is 0.270. The number of anilines is 1. The van der Waals surface area contributed by atoms with E-state index in [2.05, 4.69) is 5.32 Å². The zero-order chi connectivity index (χ0) is 19.2. The second-order valence-electron chi connectivity index (χ2n) is 6.02. The van der Waals surface area contributed by atoms with Crippen molar-refractivity contribution in [3.05, 3.63) is 82.8 Å². The van der Waals surface area contributed by atoms with Gasteiger partial charge >= 0.3 is 0 Å². The molecule has 0 heterocycles. The van der Waals surface area contributed by atoms with Gasteiger partial charge in [-0.25, -0.2) is 0 Å². The number of amides is 1. The predicted octanol–water partition coefficient (Wildman–Crippen LogP) is 6.46. The van der Waals surface area contributed by atoms with Gasteiger partial charge in [-0.2, -0.15) is 0 Å². The van der Waals surface area contributed by atoms with Crippen LogP contribution in [0.2, 0.25) is 10.0 Å². The molecule has 0 aliphatic rings. The lowest BCUT2D eigenvalue weighted by Gasteiger charge is -2.18. The van der Waals surface area contributed by atoms with Crippen molar-refractivity contribution in [3.63, 3.8) is 0 Å². The maximum atomic E-state index is 12.6. The van der Waals surface area contributed by atoms with E-state index in [1.807, 2.05) is 61.5 Å². The summed E-state index contributed by atoms with van der Waals surface area (Å²) in [7, 11) is 0. The molecule has 0 saturated heterocycles. The van der Waals surface area contributed by atoms with E-state index < -0.39 is 6.10 Å². The SMILES string of the molecule is CCC(Oc1ccc(-c2ccccc2)cc1)C(=O)Nc1cc(Cl)ccc1Cl. The summed E-state index contributed by atoms with van der Waals surface area (Å²) in [5, 5.41) is 3.71. The third-order valence-corrected chi connectivity index (χ3v) is 4.65. The maximum absolute atomic E-state index is 12.6. The van der Waals surface area contributed by atoms with Crippen molar-refractivity contribution < 1.29 is 9.53 Å². The van der Waals surface area contributed by atoms with Crippen molar-refractivity contribution in [1.29, 1.82) is 0 Å². The average molecular weight is 400 g/mol. The molecule has 1 amide bonds. The molecule has 0 radical (unpaired) electrons. The van der Waals surface area contributed by atoms with Crippen LogP contribution in [0, 0.1) is 0 Å². The molecule has 0 aliphatic heterocycles. The molecular formula is C22H19Cl2NO2. The van der Waals surface area contributed by atoms with E-state index in [9.17, 15) is 4.79 Å². The number of ether oxygens (including phenoxy) is 1. The second-order valence-corrected chi connectivity index (χ2v) is 6.86. The fourth-order valence-electron chi connectivity index (χ4n) is 2.65. The molecule has 3 aromatic rings. The summed E-state index contributed by atoms with van der Waals surface area (Å²) < 4.78 is 5.87. The number of hydrogen-bond acceptors (Lipinski definition) is 2. The Labute approximate surface area is 168 Å². The molecular weight excluding hydrogens is 381 g/mol. The number of halogens is 2. The molecule has 0 fully saturated rings. The van der Waals surface area contributed by atoms with Gasteiger partial charge < -0.3 is 10.1 Å². The fourth-order valence-corrected chi connectivity index (χ4v) is 2.99. The second kappa shape index (κ2) is 8.94. The zero-order valence-electron chi connectivity index (χ0n) is 14.8. The Morgan fingerprint density at radius 2 is 1.63 bits per heavy atom. The third-order valence-electron chi connectivity index (χ3n) is 4.09. The molecule has 138 valence electrons. The van der Waals surface area contributed by atoms with Gasteiger partial charge in [0, 0.05) is 5.02 Å². The molecule has 5 heteroatoms. The van der Waals surface area contributed by atoms with Crippen molar-refractivity contribution in [2.45, 2.75) is 19.4 Å². The van der Waals surface area contributed by atoms with Crippen LogP contribution in [0.3, 0.4) is 0 Å². The van der Waals surface area contributed by atoms with Gasteiger partial charge in [-0.1, -0.05) is 72.6 Å². The van der Waals surface area contributed by atoms with Crippen LogP contribution in [0.5, 0.6) is 5.75 Å². The highest BCUT2D eigenvalue weighted by Gasteiger charge is 2.19. The van der Waals surface area contributed by atoms with Crippen LogP contribution in [-0.2, 0) is 4.79 Å². The van der Waals surface area contributed by atoms with E-state index in [-0.39, 0.29) is 5.91 Å². The average Bonchev–Trinajstić information content (AvgIpc) is 2.70. The summed E-state index contributed by atoms with van der Waals surface area (Å²) in [6.45, 7) is 1.89. The Morgan fingerprint density at radius 3 is 2.30 bits per heavy atom. The normalized spacial score (nSPS) is 11.7. The minimum Gasteiger partial charge on any atom is -0.481 e. The van der Waals surface area contributed by atoms with Crippen molar-refractivity contribution in [1.82, 2.24) is 0 Å². The van der Waals surface area contributed by atoms with E-state index in [1.54, 1.807) is 18.2 Å². The summed E-state index contributed by atoms with van der Waals surface area (Å²) >= 11 is 12.1. The Morgan fingerprint density at radius 1 is 0.963 bits per heavy atom. The van der Waals surface area contributed by atoms with Gasteiger partial charge in [0.1, 0.15) is 5.75 Å². The van der Waals surface area contributed by atoms with Gasteiger partial charge in [-0.05, 0) is 47.9 Å². The molecule has 1 atom stereocenters. The van der Waals surface area contributed by atoms with Crippen LogP contribution >= 0.6 is 23.2 Å². The van der Waals surface area contributed by atoms with Crippen molar-refractivity contribution in [2.75, 3.05) is 5.32 Å². The molecule has 3 aromatic carbocycles. The van der Waals surface area contributed by atoms with Crippen LogP contribution in [-0.4, -0.2) is 12.0 Å². The quantitative estimate of drug-likeness (QED) is 0.516. The summed E-state index contributed by atoms with van der Waals surface area (Å²) in [4.78, 5) is 12.6. The van der Waals surface area contributed by atoms with Crippen LogP contribution in [0.15, 0.2) is 72.8 Å². The summed E-state index contributed by atoms with van der Waals surface area (Å²) in [6, 6.07) is 22.7. The summed E-state index contributed by atoms with van der Waals surface area (Å²) in [6.07, 6.45) is -0.118. The number of rotatable bonds is 6. The minimum atomic E-state index is -0.636. The predicted molar refractivity (Wildman–Crippen MR) is 112 cm³/mol. The molecule has 0 spiro atoms. The fraction of sp³-hybridized carbons (Fsp3) is 0.136. The van der Waals surface area contributed by atoms with Gasteiger partial charge in [0.05, 0.1) is 10.7 Å². The van der Waals surface area contributed by atoms with E-state index in [4.69, 9.17) is 27.9 Å². The van der Waals surface area contributed by atoms with Crippen molar-refractivity contribution in [3.8, 4) is 16.9 Å². The number of hydrogen-bond donors (Lipinski definition) is 1. The standard InChI is InChI=1S/C22H19Cl2NO2/c1-2-21(22(26)25-20-14-17(23)10-13-19(20)24)27-18-11-8-16(9-12-18)15-6-4-3-5-7-15/h3-14,21H,2H2,1H3,(H,25,26). The molecule has 0 aromatic heterocycles. The Balaban J connectivity index is 1.69. The van der Waals surface area contributed by atoms with Crippen LogP contribution in [0.1, 0.15) is 13.3 Å². The Kier molecular flexibility index (Phi) is 6.38. The van der Waals surface area contributed by atoms with Gasteiger partial charge in [0.2, 0.25) is 0 Å². The number of nitrogens with one attached hydrogen (secondary N) is 1. The molecule has 3 rings (SSSR count). The monoisotopic (exact) mass is 399 g/mol. The Hall–Kier alpha value is -2.49. The zero-order valence-corrected chi connectivity index (χ0v) is 16.3. The molecule has 1 N–H and O–H groups in total. The largest absolute Gasteiger partial charge is 0.481 e. The molecule has 3 nitrogen and oxygen atoms in total. The molecule has 0 saturated carbocycles. The number of carbonyl (C=O) groups is 1. The highest BCUT2D eigenvalue weighted by atomic mass is 35.5. The summed E-state index contributed by atoms with van der Waals surface area (Å²) in [5.74, 6) is 0.364. The summed E-state index contributed by atoms with van der Waals surface area (Å²) in [5.41, 5.74) is 2.69. The lowest BCUT2D eigenvalue weighted by molar-refractivity contribution is -0.122. The van der Waals surface area contributed by atoms with Crippen LogP contribution < -0.4 is 10.1 Å². The van der Waals surface area contributed by atoms with Crippen LogP contribution in [0.25, 0.3) is 11.1 Å². The van der Waals surface area contributed by atoms with Gasteiger partial charge in [0.25, 0.3) is 5.91 Å². The van der Waals surface area contributed by atoms with E-state index >= 15 is 0 Å². The number of carbonyl (C=O) groups excluding carboxylic acids is 1. The first-order valence-corrected chi connectivity index (χ1v) is 9.40. The molecule has 0 bridgehead atoms.